The predicted octanol–water partition coefficient (Wildman–Crippen LogP) is 6.78. The lowest BCUT2D eigenvalue weighted by Gasteiger charge is -2.67. The maximum absolute atomic E-state index is 14.4. The number of fused-ring (bicyclic) bond motifs is 8. The quantitative estimate of drug-likeness (QED) is 0.172. The number of carbonyl (C=O) groups excluding carboxylic acids is 3. The molecule has 1 spiro atoms. The van der Waals surface area contributed by atoms with Gasteiger partial charge in [0, 0.05) is 35.7 Å². The van der Waals surface area contributed by atoms with Crippen molar-refractivity contribution in [1.29, 1.82) is 0 Å². The molecular weight excluding hydrogens is 759 g/mol. The minimum atomic E-state index is -1.83. The number of aliphatic hydroxyl groups is 1. The Bertz CT molecular complexity index is 1990. The lowest BCUT2D eigenvalue weighted by Crippen LogP contribution is -2.78. The number of esters is 2. The highest BCUT2D eigenvalue weighted by atomic mass is 16.8. The van der Waals surface area contributed by atoms with Crippen molar-refractivity contribution in [3.8, 4) is 0 Å². The van der Waals surface area contributed by atoms with Crippen LogP contribution >= 0.6 is 0 Å². The molecule has 59 heavy (non-hydrogen) atoms. The van der Waals surface area contributed by atoms with Crippen molar-refractivity contribution in [2.45, 2.75) is 160 Å². The average molecular weight is 818 g/mol. The highest BCUT2D eigenvalue weighted by molar-refractivity contribution is 5.78. The van der Waals surface area contributed by atoms with E-state index in [4.69, 9.17) is 37.9 Å². The molecule has 3 aliphatic carbocycles. The topological polar surface area (TPSA) is 157 Å². The molecule has 3 saturated heterocycles. The van der Waals surface area contributed by atoms with Crippen molar-refractivity contribution < 1.29 is 57.4 Å². The SMILES string of the molecule is CC(=O)O[C@@]12CO[C@@H]1CC[C@@]1(C)[C@H]3OC(C)(C)O[C@@H]3C3=C(C)[C@@H](OC(=O)[C@H](O)[C@@H](NC(=O)OC(C)(C)C)c4ccccc4)C[C@]4(OC(c5ccccc5)O[C@H]4[C@@H]12)C3(C)C. The van der Waals surface area contributed by atoms with Crippen LogP contribution in [0.15, 0.2) is 71.8 Å². The molecule has 6 aliphatic rings. The molecule has 1 unspecified atom stereocenters. The van der Waals surface area contributed by atoms with Crippen LogP contribution in [0.2, 0.25) is 0 Å². The second-order valence-electron chi connectivity index (χ2n) is 19.5. The summed E-state index contributed by atoms with van der Waals surface area (Å²) in [6.07, 6.45) is -5.27. The molecule has 0 radical (unpaired) electrons. The fourth-order valence-corrected chi connectivity index (χ4v) is 11.3. The molecule has 13 nitrogen and oxygen atoms in total. The summed E-state index contributed by atoms with van der Waals surface area (Å²) in [6, 6.07) is 17.2. The molecule has 3 heterocycles. The second-order valence-corrected chi connectivity index (χ2v) is 19.5. The number of aliphatic hydroxyl groups excluding tert-OH is 1. The van der Waals surface area contributed by atoms with Crippen LogP contribution in [0.3, 0.4) is 0 Å². The Kier molecular flexibility index (Phi) is 10.2. The van der Waals surface area contributed by atoms with Gasteiger partial charge in [0.25, 0.3) is 0 Å². The Morgan fingerprint density at radius 1 is 0.915 bits per heavy atom. The van der Waals surface area contributed by atoms with Gasteiger partial charge in [-0.05, 0) is 71.1 Å². The summed E-state index contributed by atoms with van der Waals surface area (Å²) in [5, 5.41) is 14.6. The highest BCUT2D eigenvalue weighted by Gasteiger charge is 2.79. The maximum Gasteiger partial charge on any atom is 0.408 e. The van der Waals surface area contributed by atoms with Gasteiger partial charge < -0.3 is 48.3 Å². The van der Waals surface area contributed by atoms with Gasteiger partial charge in [0.1, 0.15) is 29.5 Å². The third kappa shape index (κ3) is 6.80. The Labute approximate surface area is 346 Å². The van der Waals surface area contributed by atoms with Crippen molar-refractivity contribution in [2.75, 3.05) is 6.61 Å². The standard InChI is InChI=1S/C46H59NO12/c1-25-29(53-38(50)33(49)32(27-17-13-11-14-18-27)47-40(51)59-41(3,4)5)23-46-37(54-39(58-46)28-19-15-12-16-20-28)35-44(10,22-21-30-45(35,24-52-30)55-26(2)48)36-34(31(25)42(46,6)7)56-43(8,9)57-36/h11-20,29-30,32-37,39,49H,21-24H2,1-10H3,(H,47,51)/t29-,30+,32-,33+,34+,35-,36-,37-,39?,44+,45-,46+/m0/s1. The Morgan fingerprint density at radius 2 is 1.58 bits per heavy atom. The number of ether oxygens (including phenoxy) is 8. The molecule has 12 atom stereocenters. The summed E-state index contributed by atoms with van der Waals surface area (Å²) in [7, 11) is 0. The number of carbonyl (C=O) groups is 3. The number of amides is 1. The van der Waals surface area contributed by atoms with Crippen LogP contribution in [-0.4, -0.2) is 89.0 Å². The molecule has 3 aliphatic heterocycles. The normalized spacial score (nSPS) is 37.4. The molecule has 2 bridgehead atoms. The van der Waals surface area contributed by atoms with E-state index < -0.39 is 100 Å². The molecular formula is C46H59NO12. The monoisotopic (exact) mass is 817 g/mol. The van der Waals surface area contributed by atoms with Crippen molar-refractivity contribution in [2.24, 2.45) is 16.7 Å². The fourth-order valence-electron chi connectivity index (χ4n) is 11.3. The number of hydrogen-bond acceptors (Lipinski definition) is 12. The van der Waals surface area contributed by atoms with Crippen LogP contribution in [0, 0.1) is 16.7 Å². The number of benzene rings is 2. The first-order valence-corrected chi connectivity index (χ1v) is 20.8. The van der Waals surface area contributed by atoms with Gasteiger partial charge in [-0.15, -0.1) is 0 Å². The summed E-state index contributed by atoms with van der Waals surface area (Å²) in [6.45, 7) is 18.9. The molecule has 13 heteroatoms. The van der Waals surface area contributed by atoms with Gasteiger partial charge in [-0.1, -0.05) is 81.4 Å². The Morgan fingerprint density at radius 3 is 2.19 bits per heavy atom. The Balaban J connectivity index is 1.27. The summed E-state index contributed by atoms with van der Waals surface area (Å²) >= 11 is 0. The zero-order valence-corrected chi connectivity index (χ0v) is 35.7. The maximum atomic E-state index is 14.4. The van der Waals surface area contributed by atoms with E-state index in [1.807, 2.05) is 51.1 Å². The Hall–Kier alpha value is -3.85. The van der Waals surface area contributed by atoms with Crippen molar-refractivity contribution in [3.05, 3.63) is 82.9 Å². The molecule has 2 aromatic carbocycles. The lowest BCUT2D eigenvalue weighted by atomic mass is 9.45. The average Bonchev–Trinajstić information content (AvgIpc) is 3.68. The molecule has 5 fully saturated rings. The van der Waals surface area contributed by atoms with Crippen molar-refractivity contribution >= 4 is 18.0 Å². The number of hydrogen-bond donors (Lipinski definition) is 2. The lowest BCUT2D eigenvalue weighted by molar-refractivity contribution is -0.337. The van der Waals surface area contributed by atoms with Gasteiger partial charge in [-0.2, -0.15) is 0 Å². The molecule has 8 rings (SSSR count). The molecule has 1 amide bonds. The third-order valence-electron chi connectivity index (χ3n) is 13.8. The van der Waals surface area contributed by atoms with Crippen LogP contribution in [0.1, 0.15) is 112 Å². The number of nitrogens with one attached hydrogen (secondary N) is 1. The fraction of sp³-hybridized carbons (Fsp3) is 0.630. The summed E-state index contributed by atoms with van der Waals surface area (Å²) in [5.41, 5.74) is -1.77. The van der Waals surface area contributed by atoms with Gasteiger partial charge in [0.2, 0.25) is 0 Å². The van der Waals surface area contributed by atoms with E-state index >= 15 is 0 Å². The number of rotatable bonds is 7. The minimum absolute atomic E-state index is 0.132. The smallest absolute Gasteiger partial charge is 0.408 e. The molecule has 2 saturated carbocycles. The molecule has 0 aromatic heterocycles. The van der Waals surface area contributed by atoms with Crippen LogP contribution in [0.4, 0.5) is 4.79 Å². The van der Waals surface area contributed by atoms with Gasteiger partial charge in [0.15, 0.2) is 23.8 Å². The van der Waals surface area contributed by atoms with Crippen molar-refractivity contribution in [1.82, 2.24) is 5.32 Å². The molecule has 2 N–H and O–H groups in total. The van der Waals surface area contributed by atoms with E-state index in [0.29, 0.717) is 18.4 Å². The van der Waals surface area contributed by atoms with E-state index in [-0.39, 0.29) is 19.1 Å². The van der Waals surface area contributed by atoms with E-state index in [9.17, 15) is 19.5 Å². The van der Waals surface area contributed by atoms with Gasteiger partial charge in [-0.3, -0.25) is 4.79 Å². The van der Waals surface area contributed by atoms with E-state index in [0.717, 1.165) is 16.7 Å². The van der Waals surface area contributed by atoms with Gasteiger partial charge >= 0.3 is 18.0 Å². The predicted molar refractivity (Wildman–Crippen MR) is 212 cm³/mol. The number of alkyl carbamates (subject to hydrolysis) is 1. The second kappa shape index (κ2) is 14.4. The van der Waals surface area contributed by atoms with Gasteiger partial charge in [0.05, 0.1) is 24.9 Å². The van der Waals surface area contributed by atoms with E-state index in [2.05, 4.69) is 26.1 Å². The molecule has 320 valence electrons. The first-order chi connectivity index (χ1) is 27.6. The third-order valence-corrected chi connectivity index (χ3v) is 13.8. The van der Waals surface area contributed by atoms with Crippen LogP contribution < -0.4 is 5.32 Å². The van der Waals surface area contributed by atoms with Crippen LogP contribution in [-0.2, 0) is 47.5 Å². The summed E-state index contributed by atoms with van der Waals surface area (Å²) in [4.78, 5) is 40.7. The highest BCUT2D eigenvalue weighted by Crippen LogP contribution is 2.70. The van der Waals surface area contributed by atoms with E-state index in [1.54, 1.807) is 51.1 Å². The van der Waals surface area contributed by atoms with Gasteiger partial charge in [-0.25, -0.2) is 9.59 Å². The van der Waals surface area contributed by atoms with Crippen molar-refractivity contribution in [3.63, 3.8) is 0 Å². The van der Waals surface area contributed by atoms with Crippen LogP contribution in [0.5, 0.6) is 0 Å². The first-order valence-electron chi connectivity index (χ1n) is 20.8. The molecule has 2 aromatic rings. The summed E-state index contributed by atoms with van der Waals surface area (Å²) in [5.74, 6) is -2.91. The largest absolute Gasteiger partial charge is 0.456 e. The minimum Gasteiger partial charge on any atom is -0.456 e. The van der Waals surface area contributed by atoms with Crippen LogP contribution in [0.25, 0.3) is 0 Å². The van der Waals surface area contributed by atoms with E-state index in [1.165, 1.54) is 6.92 Å². The zero-order chi connectivity index (χ0) is 42.5. The summed E-state index contributed by atoms with van der Waals surface area (Å²) < 4.78 is 53.2. The zero-order valence-electron chi connectivity index (χ0n) is 35.7. The first kappa shape index (κ1) is 41.9.